The van der Waals surface area contributed by atoms with Crippen molar-refractivity contribution in [3.63, 3.8) is 0 Å². The van der Waals surface area contributed by atoms with Gasteiger partial charge in [-0.1, -0.05) is 6.07 Å². The predicted octanol–water partition coefficient (Wildman–Crippen LogP) is 3.62. The number of anilines is 1. The molecule has 0 aliphatic heterocycles. The first-order valence-electron chi connectivity index (χ1n) is 7.85. The molecule has 2 rings (SSSR count). The number of benzene rings is 2. The Kier molecular flexibility index (Phi) is 6.89. The van der Waals surface area contributed by atoms with Crippen molar-refractivity contribution in [3.8, 4) is 0 Å². The number of hydrogen-bond acceptors (Lipinski definition) is 6. The lowest BCUT2D eigenvalue weighted by atomic mass is 10.1. The first-order valence-corrected chi connectivity index (χ1v) is 8.84. The van der Waals surface area contributed by atoms with Crippen LogP contribution in [0.3, 0.4) is 0 Å². The molecule has 0 radical (unpaired) electrons. The van der Waals surface area contributed by atoms with Gasteiger partial charge in [-0.3, -0.25) is 19.7 Å². The van der Waals surface area contributed by atoms with Gasteiger partial charge in [0.1, 0.15) is 5.82 Å². The predicted molar refractivity (Wildman–Crippen MR) is 99.3 cm³/mol. The number of hydrogen-bond donors (Lipinski definition) is 1. The second kappa shape index (κ2) is 9.13. The van der Waals surface area contributed by atoms with Gasteiger partial charge in [0, 0.05) is 17.0 Å². The summed E-state index contributed by atoms with van der Waals surface area (Å²) in [5, 5.41) is 12.8. The number of nitro groups is 1. The molecule has 0 aliphatic rings. The highest BCUT2D eigenvalue weighted by Crippen LogP contribution is 2.22. The Labute approximate surface area is 159 Å². The van der Waals surface area contributed by atoms with Crippen molar-refractivity contribution in [1.29, 1.82) is 0 Å². The highest BCUT2D eigenvalue weighted by molar-refractivity contribution is 8.00. The van der Waals surface area contributed by atoms with Gasteiger partial charge in [0.15, 0.2) is 6.61 Å². The Morgan fingerprint density at radius 2 is 1.93 bits per heavy atom. The van der Waals surface area contributed by atoms with E-state index < -0.39 is 29.2 Å². The van der Waals surface area contributed by atoms with Crippen LogP contribution in [0.25, 0.3) is 0 Å². The largest absolute Gasteiger partial charge is 0.455 e. The van der Waals surface area contributed by atoms with Crippen LogP contribution in [-0.4, -0.2) is 29.2 Å². The van der Waals surface area contributed by atoms with Crippen molar-refractivity contribution in [2.24, 2.45) is 0 Å². The Bertz CT molecular complexity index is 888. The van der Waals surface area contributed by atoms with Crippen molar-refractivity contribution in [1.82, 2.24) is 0 Å². The van der Waals surface area contributed by atoms with Crippen LogP contribution in [0.1, 0.15) is 11.1 Å². The topological polar surface area (TPSA) is 98.5 Å². The molecule has 0 saturated carbocycles. The van der Waals surface area contributed by atoms with Gasteiger partial charge in [-0.25, -0.2) is 4.39 Å². The number of halogens is 1. The van der Waals surface area contributed by atoms with Crippen LogP contribution in [0, 0.1) is 29.8 Å². The van der Waals surface area contributed by atoms with Gasteiger partial charge in [0.25, 0.3) is 11.6 Å². The maximum absolute atomic E-state index is 13.6. The number of ether oxygens (including phenoxy) is 1. The second-order valence-electron chi connectivity index (χ2n) is 5.66. The molecule has 0 heterocycles. The zero-order valence-electron chi connectivity index (χ0n) is 14.7. The Hall–Kier alpha value is -2.94. The molecule has 1 amide bonds. The van der Waals surface area contributed by atoms with E-state index in [1.807, 2.05) is 32.0 Å². The molecule has 142 valence electrons. The Morgan fingerprint density at radius 3 is 2.59 bits per heavy atom. The molecule has 2 aromatic rings. The fourth-order valence-electron chi connectivity index (χ4n) is 2.04. The average Bonchev–Trinajstić information content (AvgIpc) is 2.62. The molecular formula is C18H17FN2O5S. The van der Waals surface area contributed by atoms with Gasteiger partial charge < -0.3 is 10.1 Å². The van der Waals surface area contributed by atoms with Crippen molar-refractivity contribution < 1.29 is 23.6 Å². The molecule has 2 aromatic carbocycles. The first-order chi connectivity index (χ1) is 12.8. The molecule has 7 nitrogen and oxygen atoms in total. The lowest BCUT2D eigenvalue weighted by molar-refractivity contribution is -0.384. The van der Waals surface area contributed by atoms with Crippen molar-refractivity contribution >= 4 is 35.0 Å². The van der Waals surface area contributed by atoms with Crippen LogP contribution >= 0.6 is 11.8 Å². The molecule has 27 heavy (non-hydrogen) atoms. The molecular weight excluding hydrogens is 375 g/mol. The van der Waals surface area contributed by atoms with Crippen LogP contribution in [0.2, 0.25) is 0 Å². The molecule has 1 N–H and O–H groups in total. The second-order valence-corrected chi connectivity index (χ2v) is 6.71. The van der Waals surface area contributed by atoms with E-state index in [-0.39, 0.29) is 17.1 Å². The van der Waals surface area contributed by atoms with E-state index in [0.29, 0.717) is 0 Å². The van der Waals surface area contributed by atoms with E-state index in [4.69, 9.17) is 4.74 Å². The summed E-state index contributed by atoms with van der Waals surface area (Å²) < 4.78 is 18.5. The van der Waals surface area contributed by atoms with E-state index in [9.17, 15) is 24.1 Å². The minimum absolute atomic E-state index is 0.0148. The van der Waals surface area contributed by atoms with E-state index in [0.717, 1.165) is 34.2 Å². The number of non-ortho nitro benzene ring substituents is 1. The van der Waals surface area contributed by atoms with Crippen LogP contribution in [0.15, 0.2) is 41.3 Å². The third-order valence-electron chi connectivity index (χ3n) is 3.63. The molecule has 0 atom stereocenters. The minimum Gasteiger partial charge on any atom is -0.455 e. The van der Waals surface area contributed by atoms with Gasteiger partial charge in [-0.2, -0.15) is 0 Å². The molecule has 0 saturated heterocycles. The molecule has 0 unspecified atom stereocenters. The number of nitrogens with one attached hydrogen (secondary N) is 1. The third-order valence-corrected chi connectivity index (χ3v) is 4.60. The average molecular weight is 392 g/mol. The lowest BCUT2D eigenvalue weighted by Crippen LogP contribution is -2.22. The van der Waals surface area contributed by atoms with Gasteiger partial charge in [-0.05, 0) is 43.2 Å². The fourth-order valence-corrected chi connectivity index (χ4v) is 2.83. The summed E-state index contributed by atoms with van der Waals surface area (Å²) in [5.41, 5.74) is 1.53. The van der Waals surface area contributed by atoms with Crippen LogP contribution in [0.4, 0.5) is 15.8 Å². The molecule has 9 heteroatoms. The van der Waals surface area contributed by atoms with Crippen molar-refractivity contribution in [2.75, 3.05) is 17.7 Å². The van der Waals surface area contributed by atoms with Crippen LogP contribution < -0.4 is 5.32 Å². The maximum Gasteiger partial charge on any atom is 0.316 e. The summed E-state index contributed by atoms with van der Waals surface area (Å²) in [6, 6.07) is 8.53. The number of nitrogens with zero attached hydrogens (tertiary/aromatic N) is 1. The lowest BCUT2D eigenvalue weighted by Gasteiger charge is -2.08. The quantitative estimate of drug-likeness (QED) is 0.334. The number of amides is 1. The summed E-state index contributed by atoms with van der Waals surface area (Å²) in [7, 11) is 0. The van der Waals surface area contributed by atoms with Crippen molar-refractivity contribution in [3.05, 3.63) is 63.5 Å². The van der Waals surface area contributed by atoms with Gasteiger partial charge in [-0.15, -0.1) is 11.8 Å². The standard InChI is InChI=1S/C18H17FN2O5S/c1-11-3-5-14(7-12(11)2)27-10-18(23)26-9-17(22)20-16-8-13(21(24)25)4-6-15(16)19/h3-8H,9-10H2,1-2H3,(H,20,22). The van der Waals surface area contributed by atoms with E-state index in [1.54, 1.807) is 0 Å². The summed E-state index contributed by atoms with van der Waals surface area (Å²) >= 11 is 1.27. The number of nitro benzene ring substituents is 1. The maximum atomic E-state index is 13.6. The van der Waals surface area contributed by atoms with Crippen LogP contribution in [-0.2, 0) is 14.3 Å². The third kappa shape index (κ3) is 6.07. The Balaban J connectivity index is 1.82. The van der Waals surface area contributed by atoms with E-state index in [1.165, 1.54) is 11.8 Å². The highest BCUT2D eigenvalue weighted by atomic mass is 32.2. The smallest absolute Gasteiger partial charge is 0.316 e. The fraction of sp³-hybridized carbons (Fsp3) is 0.222. The first kappa shape index (κ1) is 20.4. The molecule has 0 bridgehead atoms. The number of esters is 1. The zero-order chi connectivity index (χ0) is 20.0. The number of aryl methyl sites for hydroxylation is 2. The SMILES string of the molecule is Cc1ccc(SCC(=O)OCC(=O)Nc2cc([N+](=O)[O-])ccc2F)cc1C. The Morgan fingerprint density at radius 1 is 1.19 bits per heavy atom. The van der Waals surface area contributed by atoms with Gasteiger partial charge in [0.05, 0.1) is 16.4 Å². The van der Waals surface area contributed by atoms with Gasteiger partial charge in [0.2, 0.25) is 0 Å². The number of carbonyl (C=O) groups is 2. The number of thioether (sulfide) groups is 1. The molecule has 0 fully saturated rings. The van der Waals surface area contributed by atoms with E-state index in [2.05, 4.69) is 5.32 Å². The summed E-state index contributed by atoms with van der Waals surface area (Å²) in [6.45, 7) is 3.34. The van der Waals surface area contributed by atoms with Crippen molar-refractivity contribution in [2.45, 2.75) is 18.7 Å². The number of carbonyl (C=O) groups excluding carboxylic acids is 2. The molecule has 0 aromatic heterocycles. The monoisotopic (exact) mass is 392 g/mol. The van der Waals surface area contributed by atoms with E-state index >= 15 is 0 Å². The molecule has 0 spiro atoms. The number of rotatable bonds is 7. The normalized spacial score (nSPS) is 10.3. The summed E-state index contributed by atoms with van der Waals surface area (Å²) in [4.78, 5) is 34.4. The van der Waals surface area contributed by atoms with Gasteiger partial charge >= 0.3 is 5.97 Å². The minimum atomic E-state index is -0.828. The van der Waals surface area contributed by atoms with Crippen LogP contribution in [0.5, 0.6) is 0 Å². The summed E-state index contributed by atoms with van der Waals surface area (Å²) in [6.07, 6.45) is 0. The zero-order valence-corrected chi connectivity index (χ0v) is 15.5. The molecule has 0 aliphatic carbocycles. The summed E-state index contributed by atoms with van der Waals surface area (Å²) in [5.74, 6) is -2.21. The highest BCUT2D eigenvalue weighted by Gasteiger charge is 2.14.